The van der Waals surface area contributed by atoms with E-state index < -0.39 is 35.5 Å². The molecule has 1 atom stereocenters. The number of hydrogen-bond donors (Lipinski definition) is 1. The standard InChI is InChI=1S/C18H10BrClF3N3O3/c19-13-5-4-10(7-14(13)20)24-8-12-15(27)25-17(29)26(16(12)28)11-3-1-2-9(6-11)18(21,22)23/h1-8,12H,(H,25,27,29)/t12-/m0/s1. The van der Waals surface area contributed by atoms with E-state index in [1.54, 1.807) is 12.1 Å². The molecule has 4 amide bonds. The number of aliphatic imine (C=N–C) groups is 1. The number of benzene rings is 2. The van der Waals surface area contributed by atoms with Gasteiger partial charge in [0.05, 0.1) is 22.0 Å². The number of urea groups is 1. The molecule has 6 nitrogen and oxygen atoms in total. The Morgan fingerprint density at radius 2 is 1.86 bits per heavy atom. The molecule has 0 saturated carbocycles. The third kappa shape index (κ3) is 4.48. The minimum atomic E-state index is -4.66. The summed E-state index contributed by atoms with van der Waals surface area (Å²) in [7, 11) is 0. The molecule has 1 aliphatic heterocycles. The monoisotopic (exact) mass is 487 g/mol. The summed E-state index contributed by atoms with van der Waals surface area (Å²) in [5.41, 5.74) is -1.02. The molecule has 0 spiro atoms. The van der Waals surface area contributed by atoms with Crippen LogP contribution in [0.3, 0.4) is 0 Å². The topological polar surface area (TPSA) is 78.8 Å². The molecule has 1 saturated heterocycles. The molecule has 29 heavy (non-hydrogen) atoms. The van der Waals surface area contributed by atoms with Gasteiger partial charge in [-0.1, -0.05) is 17.7 Å². The van der Waals surface area contributed by atoms with E-state index in [0.29, 0.717) is 26.1 Å². The minimum absolute atomic E-state index is 0.320. The van der Waals surface area contributed by atoms with Crippen LogP contribution in [0.15, 0.2) is 51.9 Å². The highest BCUT2D eigenvalue weighted by molar-refractivity contribution is 9.10. The molecule has 2 aromatic carbocycles. The highest BCUT2D eigenvalue weighted by Crippen LogP contribution is 2.32. The van der Waals surface area contributed by atoms with Gasteiger partial charge in [-0.05, 0) is 52.3 Å². The van der Waals surface area contributed by atoms with Crippen molar-refractivity contribution >= 4 is 63.0 Å². The highest BCUT2D eigenvalue weighted by atomic mass is 79.9. The van der Waals surface area contributed by atoms with Gasteiger partial charge in [-0.25, -0.2) is 9.69 Å². The maximum atomic E-state index is 12.9. The van der Waals surface area contributed by atoms with E-state index in [4.69, 9.17) is 11.6 Å². The fraction of sp³-hybridized carbons (Fsp3) is 0.111. The molecule has 0 aromatic heterocycles. The number of rotatable bonds is 3. The van der Waals surface area contributed by atoms with E-state index in [9.17, 15) is 27.6 Å². The maximum absolute atomic E-state index is 12.9. The fourth-order valence-electron chi connectivity index (χ4n) is 2.51. The van der Waals surface area contributed by atoms with Crippen molar-refractivity contribution in [3.8, 4) is 0 Å². The zero-order valence-corrected chi connectivity index (χ0v) is 16.5. The second-order valence-electron chi connectivity index (χ2n) is 5.87. The van der Waals surface area contributed by atoms with E-state index in [1.807, 2.05) is 5.32 Å². The Labute approximate surface area is 175 Å². The second-order valence-corrected chi connectivity index (χ2v) is 7.13. The number of nitrogens with zero attached hydrogens (tertiary/aromatic N) is 2. The Morgan fingerprint density at radius 1 is 1.14 bits per heavy atom. The molecular weight excluding hydrogens is 479 g/mol. The largest absolute Gasteiger partial charge is 0.416 e. The van der Waals surface area contributed by atoms with Crippen molar-refractivity contribution in [2.24, 2.45) is 10.9 Å². The van der Waals surface area contributed by atoms with Crippen molar-refractivity contribution in [2.75, 3.05) is 4.90 Å². The van der Waals surface area contributed by atoms with Gasteiger partial charge in [-0.15, -0.1) is 0 Å². The van der Waals surface area contributed by atoms with Crippen LogP contribution in [0.4, 0.5) is 29.3 Å². The smallest absolute Gasteiger partial charge is 0.276 e. The van der Waals surface area contributed by atoms with Crippen LogP contribution in [0.5, 0.6) is 0 Å². The van der Waals surface area contributed by atoms with Gasteiger partial charge >= 0.3 is 12.2 Å². The zero-order valence-electron chi connectivity index (χ0n) is 14.2. The summed E-state index contributed by atoms with van der Waals surface area (Å²) in [6, 6.07) is 7.17. The van der Waals surface area contributed by atoms with Gasteiger partial charge in [-0.3, -0.25) is 19.9 Å². The van der Waals surface area contributed by atoms with Gasteiger partial charge in [0, 0.05) is 10.7 Å². The van der Waals surface area contributed by atoms with E-state index >= 15 is 0 Å². The molecule has 150 valence electrons. The lowest BCUT2D eigenvalue weighted by Crippen LogP contribution is -2.58. The van der Waals surface area contributed by atoms with Gasteiger partial charge in [0.2, 0.25) is 5.91 Å². The van der Waals surface area contributed by atoms with E-state index in [-0.39, 0.29) is 5.69 Å². The SMILES string of the molecule is O=C1NC(=O)N(c2cccc(C(F)(F)F)c2)C(=O)[C@H]1C=Nc1ccc(Br)c(Cl)c1. The van der Waals surface area contributed by atoms with Crippen LogP contribution in [-0.4, -0.2) is 24.1 Å². The van der Waals surface area contributed by atoms with Gasteiger partial charge in [0.25, 0.3) is 5.91 Å². The summed E-state index contributed by atoms with van der Waals surface area (Å²) in [6.07, 6.45) is -3.66. The third-order valence-electron chi connectivity index (χ3n) is 3.91. The molecule has 3 rings (SSSR count). The predicted molar refractivity (Wildman–Crippen MR) is 103 cm³/mol. The van der Waals surface area contributed by atoms with Crippen molar-refractivity contribution in [1.29, 1.82) is 0 Å². The highest BCUT2D eigenvalue weighted by Gasteiger charge is 2.41. The van der Waals surface area contributed by atoms with Crippen molar-refractivity contribution < 1.29 is 27.6 Å². The van der Waals surface area contributed by atoms with Crippen molar-refractivity contribution in [1.82, 2.24) is 5.32 Å². The lowest BCUT2D eigenvalue weighted by atomic mass is 10.1. The number of halogens is 5. The molecule has 11 heteroatoms. The first-order valence-electron chi connectivity index (χ1n) is 7.93. The maximum Gasteiger partial charge on any atom is 0.416 e. The summed E-state index contributed by atoms with van der Waals surface area (Å²) >= 11 is 9.16. The number of barbiturate groups is 1. The number of imide groups is 2. The summed E-state index contributed by atoms with van der Waals surface area (Å²) in [5, 5.41) is 2.29. The molecule has 0 unspecified atom stereocenters. The average molecular weight is 489 g/mol. The molecular formula is C18H10BrClF3N3O3. The first-order chi connectivity index (χ1) is 13.6. The lowest BCUT2D eigenvalue weighted by Gasteiger charge is -2.28. The molecule has 1 fully saturated rings. The quantitative estimate of drug-likeness (QED) is 0.501. The van der Waals surface area contributed by atoms with Crippen molar-refractivity contribution in [3.05, 3.63) is 57.5 Å². The van der Waals surface area contributed by atoms with Crippen molar-refractivity contribution in [3.63, 3.8) is 0 Å². The summed E-state index contributed by atoms with van der Waals surface area (Å²) in [4.78, 5) is 41.4. The van der Waals surface area contributed by atoms with Gasteiger partial charge in [0.15, 0.2) is 5.92 Å². The summed E-state index contributed by atoms with van der Waals surface area (Å²) < 4.78 is 39.4. The molecule has 1 heterocycles. The fourth-order valence-corrected chi connectivity index (χ4v) is 2.93. The van der Waals surface area contributed by atoms with Crippen LogP contribution in [0.25, 0.3) is 0 Å². The Bertz CT molecular complexity index is 1040. The van der Waals surface area contributed by atoms with Crippen LogP contribution < -0.4 is 10.2 Å². The van der Waals surface area contributed by atoms with Crippen LogP contribution in [0.1, 0.15) is 5.56 Å². The molecule has 1 N–H and O–H groups in total. The third-order valence-corrected chi connectivity index (χ3v) is 5.14. The number of amides is 4. The van der Waals surface area contributed by atoms with Crippen LogP contribution in [0.2, 0.25) is 5.02 Å². The average Bonchev–Trinajstić information content (AvgIpc) is 2.63. The normalized spacial score (nSPS) is 17.8. The minimum Gasteiger partial charge on any atom is -0.276 e. The Hall–Kier alpha value is -2.72. The number of alkyl halides is 3. The summed E-state index contributed by atoms with van der Waals surface area (Å²) in [6.45, 7) is 0. The zero-order chi connectivity index (χ0) is 21.3. The van der Waals surface area contributed by atoms with E-state index in [2.05, 4.69) is 20.9 Å². The lowest BCUT2D eigenvalue weighted by molar-refractivity contribution is -0.138. The number of hydrogen-bond acceptors (Lipinski definition) is 4. The van der Waals surface area contributed by atoms with Crippen molar-refractivity contribution in [2.45, 2.75) is 6.18 Å². The molecule has 1 aliphatic rings. The molecule has 0 bridgehead atoms. The number of carbonyl (C=O) groups excluding carboxylic acids is 3. The van der Waals surface area contributed by atoms with Gasteiger partial charge in [-0.2, -0.15) is 13.2 Å². The second kappa shape index (κ2) is 7.96. The number of anilines is 1. The molecule has 2 aromatic rings. The Kier molecular flexibility index (Phi) is 5.76. The van der Waals surface area contributed by atoms with Gasteiger partial charge in [0.1, 0.15) is 0 Å². The predicted octanol–water partition coefficient (Wildman–Crippen LogP) is 4.72. The van der Waals surface area contributed by atoms with E-state index in [0.717, 1.165) is 24.4 Å². The summed E-state index contributed by atoms with van der Waals surface area (Å²) in [5.74, 6) is -3.47. The van der Waals surface area contributed by atoms with Gasteiger partial charge < -0.3 is 0 Å². The van der Waals surface area contributed by atoms with E-state index in [1.165, 1.54) is 6.07 Å². The first-order valence-corrected chi connectivity index (χ1v) is 9.10. The van der Waals surface area contributed by atoms with Crippen LogP contribution in [-0.2, 0) is 15.8 Å². The Morgan fingerprint density at radius 3 is 2.52 bits per heavy atom. The first kappa shape index (κ1) is 21.0. The molecule has 0 aliphatic carbocycles. The Balaban J connectivity index is 1.92. The van der Waals surface area contributed by atoms with Crippen LogP contribution in [0, 0.1) is 5.92 Å². The number of carbonyl (C=O) groups is 3. The van der Waals surface area contributed by atoms with Crippen LogP contribution >= 0.6 is 27.5 Å². The number of nitrogens with one attached hydrogen (secondary N) is 1. The molecule has 0 radical (unpaired) electrons.